The van der Waals surface area contributed by atoms with Gasteiger partial charge in [-0.2, -0.15) is 4.98 Å². The summed E-state index contributed by atoms with van der Waals surface area (Å²) >= 11 is 11.7. The largest absolute Gasteiger partial charge is 0.348 e. The number of hydrogen-bond acceptors (Lipinski definition) is 3. The molecule has 1 heterocycles. The fourth-order valence-corrected chi connectivity index (χ4v) is 2.18. The van der Waals surface area contributed by atoms with Gasteiger partial charge in [0.2, 0.25) is 5.91 Å². The van der Waals surface area contributed by atoms with Crippen molar-refractivity contribution in [1.29, 1.82) is 0 Å². The van der Waals surface area contributed by atoms with Crippen LogP contribution in [-0.2, 0) is 11.3 Å². The molecule has 1 aromatic carbocycles. The number of carbonyl (C=O) groups is 1. The van der Waals surface area contributed by atoms with Gasteiger partial charge >= 0.3 is 5.69 Å². The maximum absolute atomic E-state index is 12.0. The van der Waals surface area contributed by atoms with Crippen LogP contribution in [0.1, 0.15) is 11.4 Å². The Kier molecular flexibility index (Phi) is 4.65. The average molecular weight is 326 g/mol. The highest BCUT2D eigenvalue weighted by Gasteiger charge is 2.09. The van der Waals surface area contributed by atoms with Gasteiger partial charge < -0.3 is 5.32 Å². The third-order valence-electron chi connectivity index (χ3n) is 2.85. The van der Waals surface area contributed by atoms with Crippen LogP contribution < -0.4 is 11.0 Å². The minimum absolute atomic E-state index is 0.113. The van der Waals surface area contributed by atoms with Gasteiger partial charge in [-0.25, -0.2) is 4.79 Å². The predicted octanol–water partition coefficient (Wildman–Crippen LogP) is 2.81. The molecule has 0 aliphatic carbocycles. The third-order valence-corrected chi connectivity index (χ3v) is 3.59. The number of anilines is 1. The van der Waals surface area contributed by atoms with E-state index in [2.05, 4.69) is 10.3 Å². The van der Waals surface area contributed by atoms with E-state index >= 15 is 0 Å². The number of nitrogens with zero attached hydrogens (tertiary/aromatic N) is 2. The first-order chi connectivity index (χ1) is 9.86. The molecule has 0 radical (unpaired) electrons. The number of halogens is 2. The van der Waals surface area contributed by atoms with Crippen LogP contribution in [-0.4, -0.2) is 15.5 Å². The Labute approximate surface area is 131 Å². The van der Waals surface area contributed by atoms with Gasteiger partial charge in [0.25, 0.3) is 0 Å². The smallest absolute Gasteiger partial charge is 0.324 e. The Morgan fingerprint density at radius 3 is 2.57 bits per heavy atom. The first kappa shape index (κ1) is 15.5. The fourth-order valence-electron chi connectivity index (χ4n) is 1.88. The zero-order chi connectivity index (χ0) is 15.6. The van der Waals surface area contributed by atoms with Gasteiger partial charge in [-0.05, 0) is 38.1 Å². The molecular weight excluding hydrogens is 313 g/mol. The summed E-state index contributed by atoms with van der Waals surface area (Å²) < 4.78 is 1.31. The van der Waals surface area contributed by atoms with Crippen molar-refractivity contribution < 1.29 is 4.79 Å². The van der Waals surface area contributed by atoms with E-state index in [4.69, 9.17) is 23.2 Å². The van der Waals surface area contributed by atoms with Crippen molar-refractivity contribution >= 4 is 34.8 Å². The van der Waals surface area contributed by atoms with Crippen molar-refractivity contribution in [2.24, 2.45) is 0 Å². The molecule has 0 unspecified atom stereocenters. The quantitative estimate of drug-likeness (QED) is 0.943. The second-order valence-corrected chi connectivity index (χ2v) is 5.40. The molecule has 0 atom stereocenters. The van der Waals surface area contributed by atoms with Crippen molar-refractivity contribution in [1.82, 2.24) is 9.55 Å². The number of carbonyl (C=O) groups excluding carboxylic acids is 1. The molecule has 0 saturated carbocycles. The Morgan fingerprint density at radius 1 is 1.24 bits per heavy atom. The molecule has 0 spiro atoms. The van der Waals surface area contributed by atoms with Crippen molar-refractivity contribution in [2.75, 3.05) is 5.32 Å². The molecule has 2 rings (SSSR count). The van der Waals surface area contributed by atoms with Gasteiger partial charge in [-0.1, -0.05) is 23.2 Å². The number of amides is 1. The van der Waals surface area contributed by atoms with E-state index in [1.54, 1.807) is 38.1 Å². The van der Waals surface area contributed by atoms with Crippen LogP contribution in [0.5, 0.6) is 0 Å². The zero-order valence-corrected chi connectivity index (χ0v) is 13.0. The summed E-state index contributed by atoms with van der Waals surface area (Å²) in [6.45, 7) is 3.37. The van der Waals surface area contributed by atoms with E-state index in [0.29, 0.717) is 27.1 Å². The average Bonchev–Trinajstić information content (AvgIpc) is 2.38. The second kappa shape index (κ2) is 6.28. The number of benzene rings is 1. The van der Waals surface area contributed by atoms with Gasteiger partial charge in [0.05, 0.1) is 10.0 Å². The van der Waals surface area contributed by atoms with Crippen molar-refractivity contribution in [3.05, 3.63) is 56.2 Å². The lowest BCUT2D eigenvalue weighted by Crippen LogP contribution is -2.31. The first-order valence-corrected chi connectivity index (χ1v) is 6.92. The lowest BCUT2D eigenvalue weighted by molar-refractivity contribution is -0.116. The summed E-state index contributed by atoms with van der Waals surface area (Å²) in [7, 11) is 0. The van der Waals surface area contributed by atoms with Gasteiger partial charge in [0.15, 0.2) is 0 Å². The summed E-state index contributed by atoms with van der Waals surface area (Å²) in [6, 6.07) is 6.51. The van der Waals surface area contributed by atoms with Crippen molar-refractivity contribution in [2.45, 2.75) is 20.4 Å². The summed E-state index contributed by atoms with van der Waals surface area (Å²) in [5.41, 5.74) is 1.37. The normalized spacial score (nSPS) is 10.5. The van der Waals surface area contributed by atoms with E-state index in [0.717, 1.165) is 0 Å². The van der Waals surface area contributed by atoms with Gasteiger partial charge in [-0.15, -0.1) is 0 Å². The summed E-state index contributed by atoms with van der Waals surface area (Å²) in [6.07, 6.45) is 0. The second-order valence-electron chi connectivity index (χ2n) is 4.58. The van der Waals surface area contributed by atoms with Crippen LogP contribution in [0.15, 0.2) is 29.1 Å². The van der Waals surface area contributed by atoms with Crippen LogP contribution in [0.25, 0.3) is 0 Å². The van der Waals surface area contributed by atoms with Crippen LogP contribution >= 0.6 is 23.2 Å². The van der Waals surface area contributed by atoms with E-state index in [1.165, 1.54) is 4.57 Å². The van der Waals surface area contributed by atoms with E-state index in [9.17, 15) is 9.59 Å². The zero-order valence-electron chi connectivity index (χ0n) is 11.5. The van der Waals surface area contributed by atoms with Crippen LogP contribution in [0, 0.1) is 13.8 Å². The number of aromatic nitrogens is 2. The van der Waals surface area contributed by atoms with Crippen molar-refractivity contribution in [3.63, 3.8) is 0 Å². The summed E-state index contributed by atoms with van der Waals surface area (Å²) in [5.74, 6) is -0.343. The van der Waals surface area contributed by atoms with Crippen LogP contribution in [0.4, 0.5) is 5.69 Å². The molecular formula is C14H13Cl2N3O2. The molecule has 110 valence electrons. The number of aryl methyl sites for hydroxylation is 2. The topological polar surface area (TPSA) is 64.0 Å². The predicted molar refractivity (Wildman–Crippen MR) is 83.1 cm³/mol. The minimum atomic E-state index is -0.447. The van der Waals surface area contributed by atoms with Crippen LogP contribution in [0.3, 0.4) is 0 Å². The highest BCUT2D eigenvalue weighted by Crippen LogP contribution is 2.24. The Hall–Kier alpha value is -1.85. The minimum Gasteiger partial charge on any atom is -0.324 e. The summed E-state index contributed by atoms with van der Waals surface area (Å²) in [4.78, 5) is 27.6. The van der Waals surface area contributed by atoms with Gasteiger partial charge in [0, 0.05) is 17.1 Å². The fraction of sp³-hybridized carbons (Fsp3) is 0.214. The first-order valence-electron chi connectivity index (χ1n) is 6.17. The SMILES string of the molecule is Cc1cc(C)n(CC(=O)Nc2ccc(Cl)c(Cl)c2)c(=O)n1. The third kappa shape index (κ3) is 3.83. The number of hydrogen-bond donors (Lipinski definition) is 1. The monoisotopic (exact) mass is 325 g/mol. The summed E-state index contributed by atoms with van der Waals surface area (Å²) in [5, 5.41) is 3.41. The molecule has 0 bridgehead atoms. The molecule has 5 nitrogen and oxygen atoms in total. The molecule has 1 N–H and O–H groups in total. The molecule has 2 aromatic rings. The molecule has 0 fully saturated rings. The Balaban J connectivity index is 2.15. The molecule has 1 aromatic heterocycles. The van der Waals surface area contributed by atoms with Gasteiger partial charge in [0.1, 0.15) is 6.54 Å². The number of nitrogens with one attached hydrogen (secondary N) is 1. The van der Waals surface area contributed by atoms with Crippen LogP contribution in [0.2, 0.25) is 10.0 Å². The maximum atomic E-state index is 12.0. The lowest BCUT2D eigenvalue weighted by atomic mass is 10.3. The van der Waals surface area contributed by atoms with E-state index in [1.807, 2.05) is 0 Å². The molecule has 0 saturated heterocycles. The Bertz CT molecular complexity index is 756. The molecule has 1 amide bonds. The van der Waals surface area contributed by atoms with Gasteiger partial charge in [-0.3, -0.25) is 9.36 Å². The van der Waals surface area contributed by atoms with E-state index < -0.39 is 5.69 Å². The van der Waals surface area contributed by atoms with Crippen molar-refractivity contribution in [3.8, 4) is 0 Å². The molecule has 21 heavy (non-hydrogen) atoms. The highest BCUT2D eigenvalue weighted by molar-refractivity contribution is 6.42. The number of rotatable bonds is 3. The highest BCUT2D eigenvalue weighted by atomic mass is 35.5. The standard InChI is InChI=1S/C14H13Cl2N3O2/c1-8-5-9(2)19(14(21)17-8)7-13(20)18-10-3-4-11(15)12(16)6-10/h3-6H,7H2,1-2H3,(H,18,20). The maximum Gasteiger partial charge on any atom is 0.348 e. The molecule has 7 heteroatoms. The lowest BCUT2D eigenvalue weighted by Gasteiger charge is -2.10. The molecule has 0 aliphatic rings. The Morgan fingerprint density at radius 2 is 1.95 bits per heavy atom. The van der Waals surface area contributed by atoms with E-state index in [-0.39, 0.29) is 12.5 Å². The molecule has 0 aliphatic heterocycles.